The van der Waals surface area contributed by atoms with Crippen molar-refractivity contribution >= 4 is 11.7 Å². The van der Waals surface area contributed by atoms with Gasteiger partial charge in [0.25, 0.3) is 0 Å². The molecule has 0 atom stereocenters. The molecule has 1 aromatic heterocycles. The highest BCUT2D eigenvalue weighted by Gasteiger charge is 2.19. The van der Waals surface area contributed by atoms with Gasteiger partial charge in [-0.15, -0.1) is 0 Å². The molecule has 5 nitrogen and oxygen atoms in total. The number of anilines is 1. The third-order valence-electron chi connectivity index (χ3n) is 3.25. The number of aromatic nitrogens is 1. The zero-order chi connectivity index (χ0) is 12.3. The van der Waals surface area contributed by atoms with E-state index in [0.29, 0.717) is 5.69 Å². The lowest BCUT2D eigenvalue weighted by Crippen LogP contribution is -2.30. The SMILES string of the molecule is CN(CC1CCC1)c1cccc(C(N)=NO)n1. The maximum atomic E-state index is 8.62. The number of hydrogen-bond acceptors (Lipinski definition) is 4. The van der Waals surface area contributed by atoms with E-state index < -0.39 is 0 Å². The van der Waals surface area contributed by atoms with E-state index in [0.717, 1.165) is 18.3 Å². The van der Waals surface area contributed by atoms with Gasteiger partial charge < -0.3 is 15.8 Å². The van der Waals surface area contributed by atoms with Crippen LogP contribution in [0.1, 0.15) is 25.0 Å². The van der Waals surface area contributed by atoms with Crippen molar-refractivity contribution in [1.29, 1.82) is 0 Å². The molecular formula is C12H18N4O. The Morgan fingerprint density at radius 3 is 2.94 bits per heavy atom. The van der Waals surface area contributed by atoms with E-state index in [4.69, 9.17) is 10.9 Å². The van der Waals surface area contributed by atoms with Crippen molar-refractivity contribution in [2.24, 2.45) is 16.8 Å². The first kappa shape index (κ1) is 11.7. The number of rotatable bonds is 4. The molecule has 1 fully saturated rings. The Hall–Kier alpha value is -1.78. The molecule has 1 heterocycles. The summed E-state index contributed by atoms with van der Waals surface area (Å²) in [5.74, 6) is 1.69. The molecule has 0 radical (unpaired) electrons. The largest absolute Gasteiger partial charge is 0.409 e. The first-order valence-corrected chi connectivity index (χ1v) is 5.87. The smallest absolute Gasteiger partial charge is 0.188 e. The predicted molar refractivity (Wildman–Crippen MR) is 67.4 cm³/mol. The number of oxime groups is 1. The summed E-state index contributed by atoms with van der Waals surface area (Å²) >= 11 is 0. The molecular weight excluding hydrogens is 216 g/mol. The number of nitrogens with two attached hydrogens (primary N) is 1. The number of nitrogens with zero attached hydrogens (tertiary/aromatic N) is 3. The molecule has 1 aliphatic carbocycles. The van der Waals surface area contributed by atoms with Crippen molar-refractivity contribution in [3.63, 3.8) is 0 Å². The van der Waals surface area contributed by atoms with Crippen LogP contribution in [0.4, 0.5) is 5.82 Å². The molecule has 0 saturated heterocycles. The summed E-state index contributed by atoms with van der Waals surface area (Å²) in [5.41, 5.74) is 6.03. The van der Waals surface area contributed by atoms with E-state index in [9.17, 15) is 0 Å². The Kier molecular flexibility index (Phi) is 3.46. The average molecular weight is 234 g/mol. The third kappa shape index (κ3) is 2.67. The minimum Gasteiger partial charge on any atom is -0.409 e. The van der Waals surface area contributed by atoms with Crippen molar-refractivity contribution in [1.82, 2.24) is 4.98 Å². The highest BCUT2D eigenvalue weighted by molar-refractivity contribution is 5.95. The normalized spacial score (nSPS) is 16.6. The van der Waals surface area contributed by atoms with Gasteiger partial charge in [0.15, 0.2) is 5.84 Å². The van der Waals surface area contributed by atoms with E-state index in [2.05, 4.69) is 15.0 Å². The molecule has 0 amide bonds. The molecule has 2 rings (SSSR count). The Morgan fingerprint density at radius 1 is 1.59 bits per heavy atom. The Morgan fingerprint density at radius 2 is 2.35 bits per heavy atom. The van der Waals surface area contributed by atoms with Gasteiger partial charge in [0.2, 0.25) is 0 Å². The molecule has 0 bridgehead atoms. The van der Waals surface area contributed by atoms with Crippen LogP contribution in [0.25, 0.3) is 0 Å². The Balaban J connectivity index is 2.08. The first-order valence-electron chi connectivity index (χ1n) is 5.87. The maximum Gasteiger partial charge on any atom is 0.188 e. The highest BCUT2D eigenvalue weighted by atomic mass is 16.4. The van der Waals surface area contributed by atoms with Crippen LogP contribution >= 0.6 is 0 Å². The first-order chi connectivity index (χ1) is 8.20. The van der Waals surface area contributed by atoms with Gasteiger partial charge in [-0.25, -0.2) is 4.98 Å². The van der Waals surface area contributed by atoms with Crippen LogP contribution < -0.4 is 10.6 Å². The van der Waals surface area contributed by atoms with Crippen molar-refractivity contribution < 1.29 is 5.21 Å². The molecule has 0 unspecified atom stereocenters. The molecule has 3 N–H and O–H groups in total. The molecule has 1 saturated carbocycles. The lowest BCUT2D eigenvalue weighted by Gasteiger charge is -2.30. The van der Waals surface area contributed by atoms with Crippen LogP contribution in [0.2, 0.25) is 0 Å². The van der Waals surface area contributed by atoms with Gasteiger partial charge in [-0.2, -0.15) is 0 Å². The summed E-state index contributed by atoms with van der Waals surface area (Å²) in [6.45, 7) is 1.02. The highest BCUT2D eigenvalue weighted by Crippen LogP contribution is 2.27. The molecule has 0 aliphatic heterocycles. The molecule has 1 aromatic rings. The monoisotopic (exact) mass is 234 g/mol. The van der Waals surface area contributed by atoms with Crippen LogP contribution in [0.3, 0.4) is 0 Å². The molecule has 0 aromatic carbocycles. The summed E-state index contributed by atoms with van der Waals surface area (Å²) in [5, 5.41) is 11.6. The van der Waals surface area contributed by atoms with Crippen LogP contribution in [0.5, 0.6) is 0 Å². The van der Waals surface area contributed by atoms with E-state index in [-0.39, 0.29) is 5.84 Å². The van der Waals surface area contributed by atoms with Crippen molar-refractivity contribution in [3.8, 4) is 0 Å². The van der Waals surface area contributed by atoms with Gasteiger partial charge in [0.1, 0.15) is 11.5 Å². The van der Waals surface area contributed by atoms with E-state index in [1.807, 2.05) is 19.2 Å². The lowest BCUT2D eigenvalue weighted by atomic mass is 9.85. The maximum absolute atomic E-state index is 8.62. The fourth-order valence-electron chi connectivity index (χ4n) is 1.99. The summed E-state index contributed by atoms with van der Waals surface area (Å²) in [7, 11) is 2.02. The van der Waals surface area contributed by atoms with Crippen molar-refractivity contribution in [2.45, 2.75) is 19.3 Å². The summed E-state index contributed by atoms with van der Waals surface area (Å²) in [4.78, 5) is 6.49. The van der Waals surface area contributed by atoms with E-state index in [1.165, 1.54) is 19.3 Å². The second-order valence-corrected chi connectivity index (χ2v) is 4.54. The topological polar surface area (TPSA) is 74.7 Å². The quantitative estimate of drug-likeness (QED) is 0.357. The number of amidine groups is 1. The molecule has 92 valence electrons. The molecule has 0 spiro atoms. The van der Waals surface area contributed by atoms with Gasteiger partial charge in [0, 0.05) is 13.6 Å². The average Bonchev–Trinajstić information content (AvgIpc) is 2.32. The summed E-state index contributed by atoms with van der Waals surface area (Å²) < 4.78 is 0. The van der Waals surface area contributed by atoms with Crippen LogP contribution in [0.15, 0.2) is 23.4 Å². The van der Waals surface area contributed by atoms with Crippen molar-refractivity contribution in [2.75, 3.05) is 18.5 Å². The van der Waals surface area contributed by atoms with Gasteiger partial charge >= 0.3 is 0 Å². The number of hydrogen-bond donors (Lipinski definition) is 2. The summed E-state index contributed by atoms with van der Waals surface area (Å²) in [6.07, 6.45) is 3.96. The minimum absolute atomic E-state index is 0.0453. The van der Waals surface area contributed by atoms with Gasteiger partial charge in [-0.1, -0.05) is 17.6 Å². The summed E-state index contributed by atoms with van der Waals surface area (Å²) in [6, 6.07) is 5.54. The molecule has 5 heteroatoms. The molecule has 17 heavy (non-hydrogen) atoms. The second kappa shape index (κ2) is 5.03. The van der Waals surface area contributed by atoms with Crippen LogP contribution in [-0.2, 0) is 0 Å². The van der Waals surface area contributed by atoms with E-state index in [1.54, 1.807) is 6.07 Å². The number of pyridine rings is 1. The van der Waals surface area contributed by atoms with Crippen LogP contribution in [-0.4, -0.2) is 29.6 Å². The van der Waals surface area contributed by atoms with E-state index >= 15 is 0 Å². The zero-order valence-corrected chi connectivity index (χ0v) is 10.0. The standard InChI is InChI=1S/C12H18N4O/c1-16(8-9-4-2-5-9)11-7-3-6-10(14-11)12(13)15-17/h3,6-7,9,17H,2,4-5,8H2,1H3,(H2,13,15). The Labute approximate surface area is 101 Å². The van der Waals surface area contributed by atoms with Crippen molar-refractivity contribution in [3.05, 3.63) is 23.9 Å². The third-order valence-corrected chi connectivity index (χ3v) is 3.25. The Bertz CT molecular complexity index is 415. The van der Waals surface area contributed by atoms with Gasteiger partial charge in [-0.05, 0) is 30.9 Å². The van der Waals surface area contributed by atoms with Crippen LogP contribution in [0, 0.1) is 5.92 Å². The molecule has 1 aliphatic rings. The van der Waals surface area contributed by atoms with Gasteiger partial charge in [0.05, 0.1) is 0 Å². The zero-order valence-electron chi connectivity index (χ0n) is 10.0. The lowest BCUT2D eigenvalue weighted by molar-refractivity contribution is 0.318. The fourth-order valence-corrected chi connectivity index (χ4v) is 1.99. The fraction of sp³-hybridized carbons (Fsp3) is 0.500. The second-order valence-electron chi connectivity index (χ2n) is 4.54. The van der Waals surface area contributed by atoms with Gasteiger partial charge in [-0.3, -0.25) is 0 Å². The predicted octanol–water partition coefficient (Wildman–Crippen LogP) is 1.41. The minimum atomic E-state index is 0.0453.